The summed E-state index contributed by atoms with van der Waals surface area (Å²) in [5.41, 5.74) is 5.77. The lowest BCUT2D eigenvalue weighted by molar-refractivity contribution is 0.0694. The lowest BCUT2D eigenvalue weighted by Crippen LogP contribution is -2.29. The van der Waals surface area contributed by atoms with Crippen LogP contribution in [0.5, 0.6) is 0 Å². The number of hydrogen-bond donors (Lipinski definition) is 3. The number of rotatable bonds is 11. The van der Waals surface area contributed by atoms with Crippen LogP contribution in [-0.4, -0.2) is 51.1 Å². The average Bonchev–Trinajstić information content (AvgIpc) is 3.12. The van der Waals surface area contributed by atoms with Crippen molar-refractivity contribution >= 4 is 5.84 Å². The van der Waals surface area contributed by atoms with Crippen LogP contribution < -0.4 is 11.1 Å². The van der Waals surface area contributed by atoms with Gasteiger partial charge in [-0.15, -0.1) is 0 Å². The number of nitrogens with zero attached hydrogens (tertiary/aromatic N) is 1. The van der Waals surface area contributed by atoms with Crippen molar-refractivity contribution < 1.29 is 14.7 Å². The predicted octanol–water partition coefficient (Wildman–Crippen LogP) is 0.546. The molecule has 1 fully saturated rings. The molecule has 0 heterocycles. The van der Waals surface area contributed by atoms with E-state index in [0.717, 1.165) is 39.0 Å². The fourth-order valence-electron chi connectivity index (χ4n) is 1.91. The maximum atomic E-state index is 8.55. The Labute approximate surface area is 109 Å². The Morgan fingerprint density at radius 2 is 2.17 bits per heavy atom. The van der Waals surface area contributed by atoms with Gasteiger partial charge in [0.15, 0.2) is 0 Å². The van der Waals surface area contributed by atoms with Crippen molar-refractivity contribution in [3.05, 3.63) is 0 Å². The largest absolute Gasteiger partial charge is 0.409 e. The molecule has 0 unspecified atom stereocenters. The molecule has 6 nitrogen and oxygen atoms in total. The van der Waals surface area contributed by atoms with Crippen LogP contribution in [0.4, 0.5) is 0 Å². The number of ether oxygens (including phenoxy) is 2. The van der Waals surface area contributed by atoms with Gasteiger partial charge in [-0.2, -0.15) is 0 Å². The molecule has 0 spiro atoms. The maximum Gasteiger partial charge on any atom is 0.139 e. The van der Waals surface area contributed by atoms with Crippen LogP contribution in [-0.2, 0) is 9.47 Å². The second-order valence-corrected chi connectivity index (χ2v) is 4.90. The minimum Gasteiger partial charge on any atom is -0.409 e. The normalized spacial score (nSPS) is 17.9. The summed E-state index contributed by atoms with van der Waals surface area (Å²) in [6.07, 6.45) is 3.98. The molecule has 0 aromatic heterocycles. The Bertz CT molecular complexity index is 255. The summed E-state index contributed by atoms with van der Waals surface area (Å²) < 4.78 is 10.3. The molecule has 0 aromatic rings. The van der Waals surface area contributed by atoms with Gasteiger partial charge in [-0.05, 0) is 31.2 Å². The first kappa shape index (κ1) is 15.2. The van der Waals surface area contributed by atoms with Gasteiger partial charge in [0.05, 0.1) is 13.2 Å². The van der Waals surface area contributed by atoms with Gasteiger partial charge in [0, 0.05) is 26.7 Å². The Balaban J connectivity index is 1.95. The van der Waals surface area contributed by atoms with Crippen LogP contribution in [0.2, 0.25) is 0 Å². The van der Waals surface area contributed by atoms with E-state index < -0.39 is 0 Å². The second kappa shape index (κ2) is 8.29. The Morgan fingerprint density at radius 1 is 1.39 bits per heavy atom. The standard InChI is InChI=1S/C12H25N3O3/c1-17-7-8-18-6-2-5-14-10-12(3-4-12)9-11(13)15-16/h14,16H,2-10H2,1H3,(H2,13,15). The third kappa shape index (κ3) is 6.18. The summed E-state index contributed by atoms with van der Waals surface area (Å²) in [5, 5.41) is 15.0. The lowest BCUT2D eigenvalue weighted by atomic mass is 10.0. The van der Waals surface area contributed by atoms with E-state index in [9.17, 15) is 0 Å². The van der Waals surface area contributed by atoms with Gasteiger partial charge in [0.25, 0.3) is 0 Å². The zero-order valence-corrected chi connectivity index (χ0v) is 11.2. The van der Waals surface area contributed by atoms with Crippen molar-refractivity contribution in [2.24, 2.45) is 16.3 Å². The summed E-state index contributed by atoms with van der Waals surface area (Å²) in [5.74, 6) is 0.331. The Morgan fingerprint density at radius 3 is 2.78 bits per heavy atom. The van der Waals surface area contributed by atoms with Gasteiger partial charge in [0.2, 0.25) is 0 Å². The molecule has 1 aliphatic rings. The second-order valence-electron chi connectivity index (χ2n) is 4.90. The molecule has 0 radical (unpaired) electrons. The van der Waals surface area contributed by atoms with E-state index in [1.54, 1.807) is 7.11 Å². The summed E-state index contributed by atoms with van der Waals surface area (Å²) in [6.45, 7) is 3.93. The zero-order chi connectivity index (χ0) is 13.3. The monoisotopic (exact) mass is 259 g/mol. The van der Waals surface area contributed by atoms with E-state index in [2.05, 4.69) is 10.5 Å². The first-order valence-electron chi connectivity index (χ1n) is 6.46. The van der Waals surface area contributed by atoms with Gasteiger partial charge >= 0.3 is 0 Å². The molecule has 1 rings (SSSR count). The zero-order valence-electron chi connectivity index (χ0n) is 11.2. The number of methoxy groups -OCH3 is 1. The van der Waals surface area contributed by atoms with Crippen molar-refractivity contribution in [3.8, 4) is 0 Å². The van der Waals surface area contributed by atoms with Crippen molar-refractivity contribution in [1.82, 2.24) is 5.32 Å². The van der Waals surface area contributed by atoms with Crippen LogP contribution in [0.3, 0.4) is 0 Å². The van der Waals surface area contributed by atoms with Crippen molar-refractivity contribution in [2.75, 3.05) is 40.0 Å². The summed E-state index contributed by atoms with van der Waals surface area (Å²) >= 11 is 0. The average molecular weight is 259 g/mol. The molecule has 0 bridgehead atoms. The van der Waals surface area contributed by atoms with Gasteiger partial charge in [-0.1, -0.05) is 5.16 Å². The summed E-state index contributed by atoms with van der Waals surface area (Å²) in [7, 11) is 1.67. The van der Waals surface area contributed by atoms with Crippen LogP contribution in [0.15, 0.2) is 5.16 Å². The number of oxime groups is 1. The van der Waals surface area contributed by atoms with E-state index in [1.165, 1.54) is 0 Å². The molecule has 1 saturated carbocycles. The number of amidine groups is 1. The van der Waals surface area contributed by atoms with E-state index in [4.69, 9.17) is 20.4 Å². The highest BCUT2D eigenvalue weighted by Crippen LogP contribution is 2.48. The van der Waals surface area contributed by atoms with Crippen LogP contribution in [0, 0.1) is 5.41 Å². The number of nitrogens with two attached hydrogens (primary N) is 1. The van der Waals surface area contributed by atoms with Gasteiger partial charge in [-0.25, -0.2) is 0 Å². The molecule has 0 aromatic carbocycles. The molecule has 0 saturated heterocycles. The molecule has 0 aliphatic heterocycles. The fourth-order valence-corrected chi connectivity index (χ4v) is 1.91. The first-order valence-corrected chi connectivity index (χ1v) is 6.46. The molecule has 1 aliphatic carbocycles. The third-order valence-electron chi connectivity index (χ3n) is 3.22. The van der Waals surface area contributed by atoms with Crippen molar-refractivity contribution in [1.29, 1.82) is 0 Å². The highest BCUT2D eigenvalue weighted by molar-refractivity contribution is 5.80. The van der Waals surface area contributed by atoms with E-state index in [-0.39, 0.29) is 5.41 Å². The molecular weight excluding hydrogens is 234 g/mol. The lowest BCUT2D eigenvalue weighted by Gasteiger charge is -2.15. The maximum absolute atomic E-state index is 8.55. The SMILES string of the molecule is COCCOCCCNCC1(CC(N)=NO)CC1. The van der Waals surface area contributed by atoms with E-state index in [0.29, 0.717) is 25.5 Å². The van der Waals surface area contributed by atoms with E-state index >= 15 is 0 Å². The summed E-state index contributed by atoms with van der Waals surface area (Å²) in [6, 6.07) is 0. The topological polar surface area (TPSA) is 89.1 Å². The van der Waals surface area contributed by atoms with Crippen molar-refractivity contribution in [3.63, 3.8) is 0 Å². The Hall–Kier alpha value is -0.850. The van der Waals surface area contributed by atoms with Gasteiger partial charge in [0.1, 0.15) is 5.84 Å². The smallest absolute Gasteiger partial charge is 0.139 e. The van der Waals surface area contributed by atoms with Gasteiger partial charge < -0.3 is 25.7 Å². The third-order valence-corrected chi connectivity index (χ3v) is 3.22. The minimum atomic E-state index is 0.229. The van der Waals surface area contributed by atoms with Crippen LogP contribution in [0.25, 0.3) is 0 Å². The molecular formula is C12H25N3O3. The van der Waals surface area contributed by atoms with Crippen LogP contribution in [0.1, 0.15) is 25.7 Å². The van der Waals surface area contributed by atoms with Gasteiger partial charge in [-0.3, -0.25) is 0 Å². The summed E-state index contributed by atoms with van der Waals surface area (Å²) in [4.78, 5) is 0. The van der Waals surface area contributed by atoms with Crippen molar-refractivity contribution in [2.45, 2.75) is 25.7 Å². The molecule has 18 heavy (non-hydrogen) atoms. The molecule has 0 atom stereocenters. The molecule has 106 valence electrons. The highest BCUT2D eigenvalue weighted by Gasteiger charge is 2.42. The number of nitrogens with one attached hydrogen (secondary N) is 1. The minimum absolute atomic E-state index is 0.229. The Kier molecular flexibility index (Phi) is 7.00. The first-order chi connectivity index (χ1) is 8.72. The van der Waals surface area contributed by atoms with E-state index in [1.807, 2.05) is 0 Å². The number of hydrogen-bond acceptors (Lipinski definition) is 5. The molecule has 4 N–H and O–H groups in total. The molecule has 0 amide bonds. The fraction of sp³-hybridized carbons (Fsp3) is 0.917. The quantitative estimate of drug-likeness (QED) is 0.166. The molecule has 6 heteroatoms. The highest BCUT2D eigenvalue weighted by atomic mass is 16.5. The predicted molar refractivity (Wildman–Crippen MR) is 69.9 cm³/mol. The van der Waals surface area contributed by atoms with Crippen LogP contribution >= 0.6 is 0 Å².